The van der Waals surface area contributed by atoms with Crippen molar-refractivity contribution >= 4 is 47.0 Å². The van der Waals surface area contributed by atoms with Crippen molar-refractivity contribution in [2.75, 3.05) is 5.32 Å². The highest BCUT2D eigenvalue weighted by Crippen LogP contribution is 2.50. The summed E-state index contributed by atoms with van der Waals surface area (Å²) in [5.41, 5.74) is 1.73. The van der Waals surface area contributed by atoms with Gasteiger partial charge in [-0.05, 0) is 55.8 Å². The van der Waals surface area contributed by atoms with Crippen molar-refractivity contribution in [3.05, 3.63) is 102 Å². The maximum atomic E-state index is 13.5. The molecule has 3 aromatic carbocycles. The van der Waals surface area contributed by atoms with E-state index in [0.29, 0.717) is 16.8 Å². The van der Waals surface area contributed by atoms with Crippen LogP contribution >= 0.6 is 11.8 Å². The van der Waals surface area contributed by atoms with Gasteiger partial charge in [-0.15, -0.1) is 11.8 Å². The third-order valence-electron chi connectivity index (χ3n) is 7.08. The van der Waals surface area contributed by atoms with Crippen LogP contribution < -0.4 is 16.0 Å². The van der Waals surface area contributed by atoms with Gasteiger partial charge in [-0.1, -0.05) is 48.5 Å². The summed E-state index contributed by atoms with van der Waals surface area (Å²) in [7, 11) is 0. The molecule has 2 aliphatic heterocycles. The van der Waals surface area contributed by atoms with E-state index in [4.69, 9.17) is 0 Å². The Balaban J connectivity index is 1.29. The van der Waals surface area contributed by atoms with Gasteiger partial charge in [0, 0.05) is 21.6 Å². The number of carbonyl (C=O) groups is 5. The molecule has 0 saturated carbocycles. The highest BCUT2D eigenvalue weighted by atomic mass is 32.2. The number of hydrogen-bond donors (Lipinski definition) is 4. The van der Waals surface area contributed by atoms with Crippen molar-refractivity contribution in [2.24, 2.45) is 0 Å². The van der Waals surface area contributed by atoms with E-state index in [1.165, 1.54) is 40.9 Å². The van der Waals surface area contributed by atoms with E-state index in [2.05, 4.69) is 16.0 Å². The number of hydrogen-bond acceptors (Lipinski definition) is 6. The van der Waals surface area contributed by atoms with E-state index < -0.39 is 51.9 Å². The number of para-hydroxylation sites is 1. The average molecular weight is 573 g/mol. The van der Waals surface area contributed by atoms with E-state index in [9.17, 15) is 29.1 Å². The number of nitrogens with zero attached hydrogens (tertiary/aromatic N) is 1. The first-order chi connectivity index (χ1) is 19.6. The molecule has 210 valence electrons. The van der Waals surface area contributed by atoms with Gasteiger partial charge in [0.1, 0.15) is 23.5 Å². The Morgan fingerprint density at radius 1 is 0.854 bits per heavy atom. The highest BCUT2D eigenvalue weighted by molar-refractivity contribution is 8.01. The molecule has 11 heteroatoms. The van der Waals surface area contributed by atoms with Crippen molar-refractivity contribution in [3.63, 3.8) is 0 Å². The lowest BCUT2D eigenvalue weighted by atomic mass is 9.95. The third kappa shape index (κ3) is 5.53. The normalized spacial score (nSPS) is 21.2. The molecule has 2 fully saturated rings. The lowest BCUT2D eigenvalue weighted by Crippen LogP contribution is -2.71. The molecule has 4 amide bonds. The minimum absolute atomic E-state index is 0.235. The first kappa shape index (κ1) is 27.9. The number of aliphatic carboxylic acids is 1. The smallest absolute Gasteiger partial charge is 0.327 e. The van der Waals surface area contributed by atoms with Crippen LogP contribution in [0.5, 0.6) is 0 Å². The molecule has 4 N–H and O–H groups in total. The minimum atomic E-state index is -1.12. The maximum absolute atomic E-state index is 13.5. The Morgan fingerprint density at radius 3 is 2.00 bits per heavy atom. The van der Waals surface area contributed by atoms with E-state index in [-0.39, 0.29) is 11.5 Å². The third-order valence-corrected chi connectivity index (χ3v) is 8.66. The Hall–Kier alpha value is -4.64. The van der Waals surface area contributed by atoms with Crippen LogP contribution in [-0.2, 0) is 14.4 Å². The lowest BCUT2D eigenvalue weighted by molar-refractivity contribution is -0.161. The first-order valence-electron chi connectivity index (χ1n) is 12.9. The van der Waals surface area contributed by atoms with E-state index in [1.807, 2.05) is 6.07 Å². The molecule has 4 atom stereocenters. The molecule has 41 heavy (non-hydrogen) atoms. The van der Waals surface area contributed by atoms with Crippen LogP contribution in [0.2, 0.25) is 0 Å². The van der Waals surface area contributed by atoms with Gasteiger partial charge >= 0.3 is 5.97 Å². The number of thioether (sulfide) groups is 1. The van der Waals surface area contributed by atoms with Crippen molar-refractivity contribution in [1.82, 2.24) is 15.5 Å². The number of rotatable bonds is 8. The summed E-state index contributed by atoms with van der Waals surface area (Å²) in [5, 5.41) is 17.4. The van der Waals surface area contributed by atoms with Crippen LogP contribution in [0.25, 0.3) is 0 Å². The predicted octanol–water partition coefficient (Wildman–Crippen LogP) is 3.04. The number of benzene rings is 3. The Bertz CT molecular complexity index is 1500. The number of β-lactam (4-membered cyclic amide) rings is 1. The number of fused-ring (bicyclic) bond motifs is 1. The second-order valence-electron chi connectivity index (χ2n) is 10.3. The molecule has 0 aliphatic carbocycles. The number of amides is 4. The van der Waals surface area contributed by atoms with Crippen LogP contribution in [0, 0.1) is 0 Å². The largest absolute Gasteiger partial charge is 0.480 e. The molecular formula is C30H28N4O6S. The Labute approximate surface area is 240 Å². The maximum Gasteiger partial charge on any atom is 0.327 e. The summed E-state index contributed by atoms with van der Waals surface area (Å²) >= 11 is 1.32. The van der Waals surface area contributed by atoms with E-state index in [1.54, 1.807) is 68.4 Å². The fourth-order valence-electron chi connectivity index (χ4n) is 5.04. The first-order valence-corrected chi connectivity index (χ1v) is 13.8. The van der Waals surface area contributed by atoms with E-state index in [0.717, 1.165) is 0 Å². The summed E-state index contributed by atoms with van der Waals surface area (Å²) in [4.78, 5) is 65.2. The molecule has 10 nitrogen and oxygen atoms in total. The number of carboxylic acids is 1. The van der Waals surface area contributed by atoms with Crippen molar-refractivity contribution < 1.29 is 29.1 Å². The van der Waals surface area contributed by atoms with Gasteiger partial charge in [0.05, 0.1) is 0 Å². The van der Waals surface area contributed by atoms with Gasteiger partial charge in [-0.3, -0.25) is 19.2 Å². The molecule has 0 spiro atoms. The molecule has 2 aliphatic rings. The second-order valence-corrected chi connectivity index (χ2v) is 12.1. The van der Waals surface area contributed by atoms with Crippen LogP contribution in [0.15, 0.2) is 84.9 Å². The molecule has 2 saturated heterocycles. The highest BCUT2D eigenvalue weighted by Gasteiger charge is 2.64. The summed E-state index contributed by atoms with van der Waals surface area (Å²) in [5.74, 6) is -3.05. The van der Waals surface area contributed by atoms with Gasteiger partial charge in [0.2, 0.25) is 11.8 Å². The number of carboxylic acid groups (broad SMARTS) is 1. The van der Waals surface area contributed by atoms with Crippen molar-refractivity contribution in [1.29, 1.82) is 0 Å². The zero-order valence-corrected chi connectivity index (χ0v) is 23.1. The minimum Gasteiger partial charge on any atom is -0.480 e. The van der Waals surface area contributed by atoms with Crippen LogP contribution in [-0.4, -0.2) is 61.8 Å². The summed E-state index contributed by atoms with van der Waals surface area (Å²) < 4.78 is -0.733. The summed E-state index contributed by atoms with van der Waals surface area (Å²) in [6, 6.07) is 20.6. The molecule has 3 aromatic rings. The van der Waals surface area contributed by atoms with Crippen LogP contribution in [0.1, 0.15) is 46.2 Å². The zero-order valence-electron chi connectivity index (χ0n) is 22.2. The standard InChI is InChI=1S/C30H28N4O6S/c1-30(2)23(29(39)40)34-27(38)22(28(34)41-30)33-26(37)21(17-9-5-3-6-10-17)32-25(36)19-15-13-18(14-16-19)24(35)31-20-11-7-4-8-12-20/h3-16,21-23,28H,1-2H3,(H,31,35)(H,32,36)(H,33,37)(H,39,40)/t21?,22-,23+,28-/m1/s1. The Kier molecular flexibility index (Phi) is 7.55. The number of carbonyl (C=O) groups excluding carboxylic acids is 4. The van der Waals surface area contributed by atoms with Crippen LogP contribution in [0.3, 0.4) is 0 Å². The summed E-state index contributed by atoms with van der Waals surface area (Å²) in [6.07, 6.45) is 0. The molecule has 1 unspecified atom stereocenters. The van der Waals surface area contributed by atoms with Gasteiger partial charge in [0.15, 0.2) is 0 Å². The lowest BCUT2D eigenvalue weighted by Gasteiger charge is -2.44. The molecule has 5 rings (SSSR count). The van der Waals surface area contributed by atoms with Crippen molar-refractivity contribution in [2.45, 2.75) is 42.1 Å². The monoisotopic (exact) mass is 572 g/mol. The second kappa shape index (κ2) is 11.1. The zero-order chi connectivity index (χ0) is 29.3. The molecule has 0 bridgehead atoms. The van der Waals surface area contributed by atoms with E-state index >= 15 is 0 Å². The fraction of sp³-hybridized carbons (Fsp3) is 0.233. The summed E-state index contributed by atoms with van der Waals surface area (Å²) in [6.45, 7) is 3.51. The van der Waals surface area contributed by atoms with Gasteiger partial charge in [-0.2, -0.15) is 0 Å². The van der Waals surface area contributed by atoms with Gasteiger partial charge < -0.3 is 26.0 Å². The molecule has 2 heterocycles. The quantitative estimate of drug-likeness (QED) is 0.304. The predicted molar refractivity (Wildman–Crippen MR) is 153 cm³/mol. The van der Waals surface area contributed by atoms with Crippen LogP contribution in [0.4, 0.5) is 5.69 Å². The van der Waals surface area contributed by atoms with Gasteiger partial charge in [0.25, 0.3) is 11.8 Å². The molecule has 0 radical (unpaired) electrons. The molecule has 0 aromatic heterocycles. The van der Waals surface area contributed by atoms with Gasteiger partial charge in [-0.25, -0.2) is 4.79 Å². The number of anilines is 1. The molecular weight excluding hydrogens is 544 g/mol. The van der Waals surface area contributed by atoms with Crippen molar-refractivity contribution in [3.8, 4) is 0 Å². The average Bonchev–Trinajstić information content (AvgIpc) is 3.23. The SMILES string of the molecule is CC1(C)S[C@@H]2[C@H](NC(=O)C(NC(=O)c3ccc(C(=O)Nc4ccccc4)cc3)c3ccccc3)C(=O)N2[C@H]1C(=O)O. The fourth-order valence-corrected chi connectivity index (χ4v) is 6.67. The Morgan fingerprint density at radius 2 is 1.41 bits per heavy atom. The topological polar surface area (TPSA) is 145 Å². The number of nitrogens with one attached hydrogen (secondary N) is 3.